The topological polar surface area (TPSA) is 76.8 Å². The van der Waals surface area contributed by atoms with Crippen LogP contribution in [-0.4, -0.2) is 58.3 Å². The van der Waals surface area contributed by atoms with Crippen LogP contribution in [0.1, 0.15) is 19.9 Å². The van der Waals surface area contributed by atoms with Gasteiger partial charge in [-0.15, -0.1) is 0 Å². The number of amides is 1. The van der Waals surface area contributed by atoms with Crippen LogP contribution in [0.4, 0.5) is 4.79 Å². The summed E-state index contributed by atoms with van der Waals surface area (Å²) >= 11 is 0. The van der Waals surface area contributed by atoms with Crippen LogP contribution in [-0.2, 0) is 9.31 Å². The maximum atomic E-state index is 10.7. The molecule has 3 rings (SSSR count). The molecular weight excluding hydrogens is 249 g/mol. The SMILES string of the molecule is CC1(C)COB(c2cnn(C3CN(C(=O)O)C3)c2)O1. The number of hydrogen-bond donors (Lipinski definition) is 1. The number of carboxylic acid groups (broad SMARTS) is 1. The molecule has 2 saturated heterocycles. The largest absolute Gasteiger partial charge is 0.497 e. The molecule has 7 nitrogen and oxygen atoms in total. The Balaban J connectivity index is 1.63. The Hall–Kier alpha value is -1.54. The van der Waals surface area contributed by atoms with Gasteiger partial charge in [0.05, 0.1) is 18.2 Å². The van der Waals surface area contributed by atoms with E-state index in [9.17, 15) is 4.79 Å². The third-order valence-corrected chi connectivity index (χ3v) is 3.41. The fraction of sp³-hybridized carbons (Fsp3) is 0.636. The Morgan fingerprint density at radius 1 is 1.58 bits per heavy atom. The molecular formula is C11H16BN3O4. The van der Waals surface area contributed by atoms with Crippen molar-refractivity contribution < 1.29 is 19.2 Å². The van der Waals surface area contributed by atoms with Gasteiger partial charge in [-0.25, -0.2) is 4.79 Å². The van der Waals surface area contributed by atoms with Gasteiger partial charge in [0, 0.05) is 30.9 Å². The van der Waals surface area contributed by atoms with Gasteiger partial charge in [0.2, 0.25) is 0 Å². The summed E-state index contributed by atoms with van der Waals surface area (Å²) in [6.07, 6.45) is 2.71. The Morgan fingerprint density at radius 3 is 2.89 bits per heavy atom. The third-order valence-electron chi connectivity index (χ3n) is 3.41. The van der Waals surface area contributed by atoms with E-state index in [1.807, 2.05) is 20.0 Å². The van der Waals surface area contributed by atoms with Gasteiger partial charge in [-0.2, -0.15) is 5.10 Å². The Morgan fingerprint density at radius 2 is 2.32 bits per heavy atom. The molecule has 0 saturated carbocycles. The molecule has 0 bridgehead atoms. The number of nitrogens with zero attached hydrogens (tertiary/aromatic N) is 3. The highest BCUT2D eigenvalue weighted by molar-refractivity contribution is 6.61. The smallest absolute Gasteiger partial charge is 0.465 e. The lowest BCUT2D eigenvalue weighted by Gasteiger charge is -2.36. The zero-order valence-electron chi connectivity index (χ0n) is 10.9. The highest BCUT2D eigenvalue weighted by Gasteiger charge is 2.40. The molecule has 0 aliphatic carbocycles. The molecule has 1 aromatic heterocycles. The second-order valence-corrected chi connectivity index (χ2v) is 5.62. The van der Waals surface area contributed by atoms with E-state index < -0.39 is 6.09 Å². The molecule has 2 aliphatic rings. The molecule has 1 amide bonds. The Bertz CT molecular complexity index is 498. The standard InChI is InChI=1S/C11H16BN3O4/c1-11(2)7-18-12(19-11)8-3-13-15(4-8)9-5-14(6-9)10(16)17/h3-4,9H,5-7H2,1-2H3,(H,16,17). The predicted molar refractivity (Wildman–Crippen MR) is 67.4 cm³/mol. The molecule has 0 radical (unpaired) electrons. The van der Waals surface area contributed by atoms with Crippen molar-refractivity contribution in [1.29, 1.82) is 0 Å². The van der Waals surface area contributed by atoms with Crippen LogP contribution in [0.5, 0.6) is 0 Å². The fourth-order valence-corrected chi connectivity index (χ4v) is 2.25. The maximum Gasteiger partial charge on any atom is 0.497 e. The van der Waals surface area contributed by atoms with E-state index in [-0.39, 0.29) is 18.8 Å². The Labute approximate surface area is 111 Å². The summed E-state index contributed by atoms with van der Waals surface area (Å²) in [6, 6.07) is 0.110. The highest BCUT2D eigenvalue weighted by atomic mass is 16.7. The molecule has 0 aromatic carbocycles. The van der Waals surface area contributed by atoms with E-state index in [4.69, 9.17) is 14.4 Å². The summed E-state index contributed by atoms with van der Waals surface area (Å²) in [5.41, 5.74) is 0.600. The normalized spacial score (nSPS) is 22.6. The van der Waals surface area contributed by atoms with Crippen molar-refractivity contribution in [2.24, 2.45) is 0 Å². The Kier molecular flexibility index (Phi) is 2.79. The van der Waals surface area contributed by atoms with Crippen LogP contribution in [0.25, 0.3) is 0 Å². The minimum absolute atomic E-state index is 0.110. The van der Waals surface area contributed by atoms with Crippen molar-refractivity contribution >= 4 is 18.7 Å². The summed E-state index contributed by atoms with van der Waals surface area (Å²) < 4.78 is 13.1. The first-order valence-corrected chi connectivity index (χ1v) is 6.26. The monoisotopic (exact) mass is 265 g/mol. The second kappa shape index (κ2) is 4.24. The first-order valence-electron chi connectivity index (χ1n) is 6.26. The molecule has 8 heteroatoms. The summed E-state index contributed by atoms with van der Waals surface area (Å²) in [4.78, 5) is 12.1. The van der Waals surface area contributed by atoms with Gasteiger partial charge in [0.25, 0.3) is 0 Å². The quantitative estimate of drug-likeness (QED) is 0.758. The van der Waals surface area contributed by atoms with Crippen LogP contribution >= 0.6 is 0 Å². The molecule has 1 aromatic rings. The van der Waals surface area contributed by atoms with E-state index in [0.717, 1.165) is 5.46 Å². The lowest BCUT2D eigenvalue weighted by molar-refractivity contribution is 0.0812. The average Bonchev–Trinajstić information content (AvgIpc) is 2.82. The summed E-state index contributed by atoms with van der Waals surface area (Å²) in [5.74, 6) is 0. The van der Waals surface area contributed by atoms with Crippen LogP contribution < -0.4 is 5.46 Å². The number of rotatable bonds is 2. The molecule has 102 valence electrons. The minimum Gasteiger partial charge on any atom is -0.465 e. The molecule has 0 unspecified atom stereocenters. The maximum absolute atomic E-state index is 10.7. The minimum atomic E-state index is -0.882. The zero-order valence-corrected chi connectivity index (χ0v) is 10.9. The van der Waals surface area contributed by atoms with E-state index in [0.29, 0.717) is 19.7 Å². The summed E-state index contributed by atoms with van der Waals surface area (Å²) in [6.45, 7) is 5.48. The van der Waals surface area contributed by atoms with Crippen molar-refractivity contribution in [2.45, 2.75) is 25.5 Å². The van der Waals surface area contributed by atoms with Crippen molar-refractivity contribution in [3.05, 3.63) is 12.4 Å². The lowest BCUT2D eigenvalue weighted by atomic mass is 9.82. The first kappa shape index (κ1) is 12.5. The van der Waals surface area contributed by atoms with Crippen LogP contribution in [0.2, 0.25) is 0 Å². The second-order valence-electron chi connectivity index (χ2n) is 5.62. The molecule has 3 heterocycles. The van der Waals surface area contributed by atoms with Gasteiger partial charge in [-0.3, -0.25) is 4.68 Å². The summed E-state index contributed by atoms with van der Waals surface area (Å²) in [7, 11) is -0.376. The van der Waals surface area contributed by atoms with Crippen molar-refractivity contribution in [3.63, 3.8) is 0 Å². The number of hydrogen-bond acceptors (Lipinski definition) is 4. The average molecular weight is 265 g/mol. The van der Waals surface area contributed by atoms with Gasteiger partial charge in [0.1, 0.15) is 0 Å². The van der Waals surface area contributed by atoms with Gasteiger partial charge in [0.15, 0.2) is 0 Å². The van der Waals surface area contributed by atoms with Crippen LogP contribution in [0.3, 0.4) is 0 Å². The first-order chi connectivity index (χ1) is 8.94. The van der Waals surface area contributed by atoms with E-state index >= 15 is 0 Å². The highest BCUT2D eigenvalue weighted by Crippen LogP contribution is 2.21. The predicted octanol–water partition coefficient (Wildman–Crippen LogP) is -0.0616. The lowest BCUT2D eigenvalue weighted by Crippen LogP contribution is -2.50. The number of aromatic nitrogens is 2. The molecule has 19 heavy (non-hydrogen) atoms. The number of likely N-dealkylation sites (tertiary alicyclic amines) is 1. The van der Waals surface area contributed by atoms with Gasteiger partial charge < -0.3 is 19.3 Å². The van der Waals surface area contributed by atoms with Crippen LogP contribution in [0.15, 0.2) is 12.4 Å². The molecule has 0 spiro atoms. The van der Waals surface area contributed by atoms with E-state index in [2.05, 4.69) is 5.10 Å². The van der Waals surface area contributed by atoms with Crippen LogP contribution in [0, 0.1) is 0 Å². The zero-order chi connectivity index (χ0) is 13.6. The molecule has 0 atom stereocenters. The summed E-state index contributed by atoms with van der Waals surface area (Å²) in [5, 5.41) is 13.1. The molecule has 2 aliphatic heterocycles. The van der Waals surface area contributed by atoms with Gasteiger partial charge >= 0.3 is 13.2 Å². The third kappa shape index (κ3) is 2.33. The van der Waals surface area contributed by atoms with Gasteiger partial charge in [-0.1, -0.05) is 0 Å². The van der Waals surface area contributed by atoms with E-state index in [1.54, 1.807) is 10.9 Å². The molecule has 2 fully saturated rings. The van der Waals surface area contributed by atoms with E-state index in [1.165, 1.54) is 4.90 Å². The molecule has 1 N–H and O–H groups in total. The van der Waals surface area contributed by atoms with Crippen molar-refractivity contribution in [1.82, 2.24) is 14.7 Å². The van der Waals surface area contributed by atoms with Crippen molar-refractivity contribution in [3.8, 4) is 0 Å². The fourth-order valence-electron chi connectivity index (χ4n) is 2.25. The van der Waals surface area contributed by atoms with Crippen molar-refractivity contribution in [2.75, 3.05) is 19.7 Å². The van der Waals surface area contributed by atoms with Gasteiger partial charge in [-0.05, 0) is 13.8 Å². The number of carbonyl (C=O) groups is 1.